The normalized spacial score (nSPS) is 14.6. The van der Waals surface area contributed by atoms with Crippen LogP contribution in [0.15, 0.2) is 47.5 Å². The van der Waals surface area contributed by atoms with Gasteiger partial charge in [-0.1, -0.05) is 23.7 Å². The van der Waals surface area contributed by atoms with Crippen LogP contribution < -0.4 is 10.1 Å². The lowest BCUT2D eigenvalue weighted by atomic mass is 10.00. The minimum atomic E-state index is -3.44. The van der Waals surface area contributed by atoms with E-state index in [-0.39, 0.29) is 18.9 Å². The van der Waals surface area contributed by atoms with Crippen LogP contribution in [-0.4, -0.2) is 74.5 Å². The van der Waals surface area contributed by atoms with Crippen LogP contribution >= 0.6 is 11.6 Å². The molecular formula is C27H32ClN5O6S. The van der Waals surface area contributed by atoms with Gasteiger partial charge >= 0.3 is 0 Å². The third-order valence-electron chi connectivity index (χ3n) is 6.15. The highest BCUT2D eigenvalue weighted by Gasteiger charge is 2.30. The van der Waals surface area contributed by atoms with Crippen molar-refractivity contribution in [2.24, 2.45) is 4.99 Å². The number of hydrogen-bond acceptors (Lipinski definition) is 9. The number of methoxy groups -OCH3 is 1. The lowest BCUT2D eigenvalue weighted by molar-refractivity contribution is -0.121. The van der Waals surface area contributed by atoms with Gasteiger partial charge in [0, 0.05) is 35.9 Å². The molecule has 40 heavy (non-hydrogen) atoms. The van der Waals surface area contributed by atoms with Gasteiger partial charge in [0.05, 0.1) is 37.8 Å². The molecule has 0 radical (unpaired) electrons. The number of amides is 1. The van der Waals surface area contributed by atoms with Crippen LogP contribution in [0.3, 0.4) is 0 Å². The second-order valence-corrected chi connectivity index (χ2v) is 11.3. The quantitative estimate of drug-likeness (QED) is 0.237. The number of carbonyl (C=O) groups is 1. The highest BCUT2D eigenvalue weighted by atomic mass is 35.5. The van der Waals surface area contributed by atoms with Crippen molar-refractivity contribution in [2.75, 3.05) is 39.7 Å². The first-order chi connectivity index (χ1) is 19.2. The van der Waals surface area contributed by atoms with Crippen LogP contribution in [0, 0.1) is 6.92 Å². The monoisotopic (exact) mass is 589 g/mol. The summed E-state index contributed by atoms with van der Waals surface area (Å²) in [5, 5.41) is 12.2. The van der Waals surface area contributed by atoms with Crippen LogP contribution in [0.5, 0.6) is 5.75 Å². The average molecular weight is 590 g/mol. The minimum absolute atomic E-state index is 0.0734. The zero-order valence-electron chi connectivity index (χ0n) is 22.6. The lowest BCUT2D eigenvalue weighted by Gasteiger charge is -2.14. The van der Waals surface area contributed by atoms with Crippen molar-refractivity contribution in [3.05, 3.63) is 70.3 Å². The van der Waals surface area contributed by atoms with Crippen LogP contribution in [-0.2, 0) is 23.8 Å². The Hall–Kier alpha value is -3.32. The molecule has 1 atom stereocenters. The van der Waals surface area contributed by atoms with E-state index in [4.69, 9.17) is 26.1 Å². The number of aliphatic imine (C=N–C) groups is 1. The molecule has 3 aromatic rings. The number of aryl methyl sites for hydroxylation is 1. The number of ether oxygens (including phenoxy) is 2. The average Bonchev–Trinajstić information content (AvgIpc) is 3.24. The molecule has 13 heteroatoms. The Kier molecular flexibility index (Phi) is 9.90. The predicted molar refractivity (Wildman–Crippen MR) is 151 cm³/mol. The molecule has 0 saturated heterocycles. The second-order valence-electron chi connectivity index (χ2n) is 9.22. The van der Waals surface area contributed by atoms with Crippen LogP contribution in [0.2, 0.25) is 5.02 Å². The van der Waals surface area contributed by atoms with Gasteiger partial charge in [-0.2, -0.15) is 8.42 Å². The molecule has 1 aliphatic rings. The Morgan fingerprint density at radius 3 is 2.55 bits per heavy atom. The van der Waals surface area contributed by atoms with Crippen molar-refractivity contribution in [1.29, 1.82) is 0 Å². The van der Waals surface area contributed by atoms with E-state index >= 15 is 0 Å². The summed E-state index contributed by atoms with van der Waals surface area (Å²) in [6, 6.07) is 12.5. The van der Waals surface area contributed by atoms with E-state index in [9.17, 15) is 13.2 Å². The number of rotatable bonds is 13. The third kappa shape index (κ3) is 7.66. The summed E-state index contributed by atoms with van der Waals surface area (Å²) in [6.45, 7) is 3.15. The second kappa shape index (κ2) is 13.4. The van der Waals surface area contributed by atoms with Gasteiger partial charge in [-0.05, 0) is 50.1 Å². The fraction of sp³-hybridized carbons (Fsp3) is 0.407. The van der Waals surface area contributed by atoms with Gasteiger partial charge in [0.2, 0.25) is 5.91 Å². The molecule has 1 amide bonds. The molecule has 4 rings (SSSR count). The smallest absolute Gasteiger partial charge is 0.264 e. The number of nitrogens with one attached hydrogen (secondary N) is 1. The van der Waals surface area contributed by atoms with Crippen LogP contribution in [0.4, 0.5) is 0 Å². The zero-order chi connectivity index (χ0) is 28.7. The highest BCUT2D eigenvalue weighted by Crippen LogP contribution is 2.34. The fourth-order valence-electron chi connectivity index (χ4n) is 4.30. The van der Waals surface area contributed by atoms with Gasteiger partial charge in [0.1, 0.15) is 17.6 Å². The SMILES string of the molecule is COc1ccc2c(c1)C(c1ccc(Cl)cc1)=N[C@@H](CC(=O)NCCCOCCCOS(C)(=O)=O)c1nnc(C)n1-2. The predicted octanol–water partition coefficient (Wildman–Crippen LogP) is 3.41. The van der Waals surface area contributed by atoms with Gasteiger partial charge in [-0.25, -0.2) is 0 Å². The van der Waals surface area contributed by atoms with Crippen molar-refractivity contribution >= 4 is 33.3 Å². The number of aromatic nitrogens is 3. The summed E-state index contributed by atoms with van der Waals surface area (Å²) in [6.07, 6.45) is 2.15. The number of carbonyl (C=O) groups excluding carboxylic acids is 1. The summed E-state index contributed by atoms with van der Waals surface area (Å²) in [4.78, 5) is 18.0. The topological polar surface area (TPSA) is 134 Å². The Bertz CT molecular complexity index is 1470. The fourth-order valence-corrected chi connectivity index (χ4v) is 4.85. The maximum Gasteiger partial charge on any atom is 0.264 e. The Balaban J connectivity index is 1.46. The molecule has 214 valence electrons. The zero-order valence-corrected chi connectivity index (χ0v) is 24.2. The minimum Gasteiger partial charge on any atom is -0.497 e. The van der Waals surface area contributed by atoms with Crippen molar-refractivity contribution < 1.29 is 26.9 Å². The first kappa shape index (κ1) is 29.7. The molecule has 0 bridgehead atoms. The van der Waals surface area contributed by atoms with E-state index in [1.165, 1.54) is 0 Å². The molecule has 2 heterocycles. The molecule has 1 aromatic heterocycles. The van der Waals surface area contributed by atoms with Crippen LogP contribution in [0.1, 0.15) is 48.1 Å². The van der Waals surface area contributed by atoms with E-state index in [2.05, 4.69) is 19.7 Å². The maximum atomic E-state index is 13.0. The van der Waals surface area contributed by atoms with E-state index in [1.54, 1.807) is 19.2 Å². The van der Waals surface area contributed by atoms with Crippen molar-refractivity contribution in [3.63, 3.8) is 0 Å². The van der Waals surface area contributed by atoms with E-state index in [1.807, 2.05) is 41.8 Å². The molecule has 0 aliphatic carbocycles. The van der Waals surface area contributed by atoms with E-state index < -0.39 is 16.2 Å². The molecule has 0 fully saturated rings. The Labute approximate surface area is 238 Å². The Morgan fingerprint density at radius 1 is 1.07 bits per heavy atom. The number of hydrogen-bond donors (Lipinski definition) is 1. The molecule has 0 saturated carbocycles. The first-order valence-corrected chi connectivity index (χ1v) is 15.0. The maximum absolute atomic E-state index is 13.0. The summed E-state index contributed by atoms with van der Waals surface area (Å²) in [5.41, 5.74) is 3.21. The largest absolute Gasteiger partial charge is 0.497 e. The summed E-state index contributed by atoms with van der Waals surface area (Å²) >= 11 is 6.15. The van der Waals surface area contributed by atoms with Gasteiger partial charge in [-0.15, -0.1) is 10.2 Å². The standard InChI is InChI=1S/C27H32ClN5O6S/c1-18-31-32-27-23(17-25(34)29-12-4-13-38-14-5-15-39-40(3,35)36)30-26(19-6-8-20(28)9-7-19)22-16-21(37-2)10-11-24(22)33(18)27/h6-11,16,23H,4-5,12-15,17H2,1-3H3,(H,29,34)/t23-/m0/s1. The van der Waals surface area contributed by atoms with Crippen molar-refractivity contribution in [2.45, 2.75) is 32.2 Å². The third-order valence-corrected chi connectivity index (χ3v) is 6.99. The molecule has 1 N–H and O–H groups in total. The lowest BCUT2D eigenvalue weighted by Crippen LogP contribution is -2.27. The molecule has 11 nitrogen and oxygen atoms in total. The summed E-state index contributed by atoms with van der Waals surface area (Å²) in [5.74, 6) is 1.75. The number of nitrogens with zero attached hydrogens (tertiary/aromatic N) is 4. The molecule has 1 aliphatic heterocycles. The molecule has 2 aromatic carbocycles. The highest BCUT2D eigenvalue weighted by molar-refractivity contribution is 7.85. The van der Waals surface area contributed by atoms with E-state index in [0.29, 0.717) is 60.7 Å². The van der Waals surface area contributed by atoms with Gasteiger partial charge in [0.25, 0.3) is 10.1 Å². The Morgan fingerprint density at radius 2 is 1.82 bits per heavy atom. The molecule has 0 unspecified atom stereocenters. The summed E-state index contributed by atoms with van der Waals surface area (Å²) in [7, 11) is -1.83. The number of fused-ring (bicyclic) bond motifs is 3. The van der Waals surface area contributed by atoms with Crippen molar-refractivity contribution in [1.82, 2.24) is 20.1 Å². The number of benzene rings is 2. The first-order valence-electron chi connectivity index (χ1n) is 12.8. The van der Waals surface area contributed by atoms with Gasteiger partial charge in [0.15, 0.2) is 5.82 Å². The molecular weight excluding hydrogens is 558 g/mol. The summed E-state index contributed by atoms with van der Waals surface area (Å²) < 4.78 is 39.5. The van der Waals surface area contributed by atoms with Gasteiger partial charge in [-0.3, -0.25) is 18.5 Å². The van der Waals surface area contributed by atoms with Crippen LogP contribution in [0.25, 0.3) is 5.69 Å². The van der Waals surface area contributed by atoms with E-state index in [0.717, 1.165) is 23.1 Å². The number of halogens is 1. The van der Waals surface area contributed by atoms with Gasteiger partial charge < -0.3 is 14.8 Å². The molecule has 0 spiro atoms. The van der Waals surface area contributed by atoms with Crippen molar-refractivity contribution in [3.8, 4) is 11.4 Å².